The molecule has 0 bridgehead atoms. The summed E-state index contributed by atoms with van der Waals surface area (Å²) in [6.45, 7) is 6.66. The Morgan fingerprint density at radius 1 is 1.08 bits per heavy atom. The molecule has 0 aliphatic carbocycles. The highest BCUT2D eigenvalue weighted by Gasteiger charge is 2.09. The number of hydrogen-bond donors (Lipinski definition) is 0. The molecule has 132 valence electrons. The second kappa shape index (κ2) is 8.86. The van der Waals surface area contributed by atoms with E-state index in [0.29, 0.717) is 0 Å². The Bertz CT molecular complexity index is 822. The van der Waals surface area contributed by atoms with Crippen molar-refractivity contribution in [2.75, 3.05) is 5.75 Å². The van der Waals surface area contributed by atoms with Gasteiger partial charge in [-0.05, 0) is 49.1 Å². The van der Waals surface area contributed by atoms with Crippen LogP contribution < -0.4 is 0 Å². The van der Waals surface area contributed by atoms with Crippen molar-refractivity contribution in [1.82, 2.24) is 4.98 Å². The summed E-state index contributed by atoms with van der Waals surface area (Å²) in [5.41, 5.74) is 3.44. The highest BCUT2D eigenvalue weighted by atomic mass is 32.2. The first-order chi connectivity index (χ1) is 12.2. The van der Waals surface area contributed by atoms with Gasteiger partial charge in [-0.1, -0.05) is 51.3 Å². The molecule has 1 nitrogen and oxygen atoms in total. The molecule has 1 unspecified atom stereocenters. The summed E-state index contributed by atoms with van der Waals surface area (Å²) in [5.74, 6) is 2.10. The third kappa shape index (κ3) is 4.86. The van der Waals surface area contributed by atoms with E-state index in [0.717, 1.165) is 17.1 Å². The van der Waals surface area contributed by atoms with Gasteiger partial charge in [0.2, 0.25) is 0 Å². The van der Waals surface area contributed by atoms with Crippen molar-refractivity contribution in [2.45, 2.75) is 50.7 Å². The van der Waals surface area contributed by atoms with Gasteiger partial charge < -0.3 is 0 Å². The van der Waals surface area contributed by atoms with E-state index in [2.05, 4.69) is 68.2 Å². The van der Waals surface area contributed by atoms with Crippen LogP contribution in [0.3, 0.4) is 0 Å². The molecule has 0 radical (unpaired) electrons. The lowest BCUT2D eigenvalue weighted by Gasteiger charge is -2.12. The van der Waals surface area contributed by atoms with Crippen molar-refractivity contribution in [3.8, 4) is 10.4 Å². The molecule has 2 aromatic heterocycles. The summed E-state index contributed by atoms with van der Waals surface area (Å²) in [5, 5.41) is 1.21. The number of unbranched alkanes of at least 4 members (excludes halogenated alkanes) is 1. The highest BCUT2D eigenvalue weighted by Crippen LogP contribution is 2.36. The molecule has 0 saturated carbocycles. The average Bonchev–Trinajstić information content (AvgIpc) is 3.10. The van der Waals surface area contributed by atoms with E-state index in [4.69, 9.17) is 0 Å². The van der Waals surface area contributed by atoms with Crippen LogP contribution in [0.25, 0.3) is 21.3 Å². The van der Waals surface area contributed by atoms with Crippen molar-refractivity contribution >= 4 is 34.0 Å². The van der Waals surface area contributed by atoms with Crippen LogP contribution >= 0.6 is 23.1 Å². The third-order valence-corrected chi connectivity index (χ3v) is 7.29. The highest BCUT2D eigenvalue weighted by molar-refractivity contribution is 8.01. The smallest absolute Gasteiger partial charge is 0.0711 e. The molecule has 0 aliphatic heterocycles. The van der Waals surface area contributed by atoms with Gasteiger partial charge in [0.1, 0.15) is 0 Å². The van der Waals surface area contributed by atoms with Gasteiger partial charge in [0, 0.05) is 21.7 Å². The number of hydrogen-bond acceptors (Lipinski definition) is 3. The molecule has 3 rings (SSSR count). The number of fused-ring (bicyclic) bond motifs is 1. The minimum Gasteiger partial charge on any atom is -0.253 e. The molecule has 0 saturated heterocycles. The van der Waals surface area contributed by atoms with Crippen molar-refractivity contribution in [1.29, 1.82) is 0 Å². The predicted octanol–water partition coefficient (Wildman–Crippen LogP) is 7.58. The lowest BCUT2D eigenvalue weighted by molar-refractivity contribution is 0.499. The van der Waals surface area contributed by atoms with E-state index in [1.54, 1.807) is 0 Å². The van der Waals surface area contributed by atoms with E-state index < -0.39 is 0 Å². The first-order valence-electron chi connectivity index (χ1n) is 9.30. The number of rotatable bonds is 8. The SMILES string of the molecule is CCCCC(CC)CSc1ccc(-c2ccc3ccc(C)nc3c2)s1. The number of thiophene rings is 1. The Morgan fingerprint density at radius 3 is 2.72 bits per heavy atom. The van der Waals surface area contributed by atoms with Crippen LogP contribution in [0, 0.1) is 12.8 Å². The third-order valence-electron chi connectivity index (χ3n) is 4.70. The van der Waals surface area contributed by atoms with Crippen LogP contribution in [0.2, 0.25) is 0 Å². The molecule has 25 heavy (non-hydrogen) atoms. The summed E-state index contributed by atoms with van der Waals surface area (Å²) < 4.78 is 1.43. The van der Waals surface area contributed by atoms with Crippen LogP contribution in [0.15, 0.2) is 46.7 Å². The zero-order chi connectivity index (χ0) is 17.6. The van der Waals surface area contributed by atoms with Gasteiger partial charge in [0.25, 0.3) is 0 Å². The Labute approximate surface area is 159 Å². The Kier molecular flexibility index (Phi) is 6.55. The number of nitrogens with zero attached hydrogens (tertiary/aromatic N) is 1. The molecule has 0 aliphatic rings. The van der Waals surface area contributed by atoms with Crippen LogP contribution in [0.1, 0.15) is 45.2 Å². The number of benzene rings is 1. The van der Waals surface area contributed by atoms with Crippen molar-refractivity contribution in [3.05, 3.63) is 48.2 Å². The predicted molar refractivity (Wildman–Crippen MR) is 114 cm³/mol. The van der Waals surface area contributed by atoms with E-state index in [-0.39, 0.29) is 0 Å². The Hall–Kier alpha value is -1.32. The van der Waals surface area contributed by atoms with Crippen LogP contribution in [0.4, 0.5) is 0 Å². The van der Waals surface area contributed by atoms with E-state index in [1.165, 1.54) is 51.5 Å². The summed E-state index contributed by atoms with van der Waals surface area (Å²) in [6, 6.07) is 15.4. The zero-order valence-electron chi connectivity index (χ0n) is 15.4. The number of aryl methyl sites for hydroxylation is 1. The normalized spacial score (nSPS) is 12.6. The topological polar surface area (TPSA) is 12.9 Å². The van der Waals surface area contributed by atoms with Crippen molar-refractivity contribution in [2.24, 2.45) is 5.92 Å². The van der Waals surface area contributed by atoms with Gasteiger partial charge in [-0.15, -0.1) is 23.1 Å². The molecule has 2 heterocycles. The van der Waals surface area contributed by atoms with Gasteiger partial charge in [0.05, 0.1) is 9.73 Å². The van der Waals surface area contributed by atoms with E-state index >= 15 is 0 Å². The molecule has 3 aromatic rings. The Morgan fingerprint density at radius 2 is 1.92 bits per heavy atom. The quantitative estimate of drug-likeness (QED) is 0.379. The maximum atomic E-state index is 4.67. The first-order valence-corrected chi connectivity index (χ1v) is 11.1. The second-order valence-electron chi connectivity index (χ2n) is 6.71. The lowest BCUT2D eigenvalue weighted by Crippen LogP contribution is -2.01. The lowest BCUT2D eigenvalue weighted by atomic mass is 10.0. The Balaban J connectivity index is 1.70. The van der Waals surface area contributed by atoms with Crippen LogP contribution in [-0.2, 0) is 0 Å². The number of aromatic nitrogens is 1. The largest absolute Gasteiger partial charge is 0.253 e. The molecule has 1 aromatic carbocycles. The summed E-state index contributed by atoms with van der Waals surface area (Å²) >= 11 is 3.94. The average molecular weight is 370 g/mol. The summed E-state index contributed by atoms with van der Waals surface area (Å²) in [7, 11) is 0. The molecular formula is C22H27NS2. The van der Waals surface area contributed by atoms with Gasteiger partial charge in [-0.2, -0.15) is 0 Å². The molecule has 0 N–H and O–H groups in total. The number of pyridine rings is 1. The van der Waals surface area contributed by atoms with Crippen molar-refractivity contribution < 1.29 is 0 Å². The van der Waals surface area contributed by atoms with E-state index in [9.17, 15) is 0 Å². The summed E-state index contributed by atoms with van der Waals surface area (Å²) in [6.07, 6.45) is 5.33. The van der Waals surface area contributed by atoms with Crippen molar-refractivity contribution in [3.63, 3.8) is 0 Å². The fraction of sp³-hybridized carbons (Fsp3) is 0.409. The molecule has 0 spiro atoms. The molecular weight excluding hydrogens is 342 g/mol. The van der Waals surface area contributed by atoms with Gasteiger partial charge in [-0.3, -0.25) is 4.98 Å². The minimum absolute atomic E-state index is 0.850. The maximum Gasteiger partial charge on any atom is 0.0711 e. The second-order valence-corrected chi connectivity index (χ2v) is 9.11. The molecule has 1 atom stereocenters. The molecule has 0 fully saturated rings. The van der Waals surface area contributed by atoms with Gasteiger partial charge in [-0.25, -0.2) is 0 Å². The maximum absolute atomic E-state index is 4.67. The van der Waals surface area contributed by atoms with Gasteiger partial charge in [0.15, 0.2) is 0 Å². The molecule has 3 heteroatoms. The van der Waals surface area contributed by atoms with Crippen LogP contribution in [-0.4, -0.2) is 10.7 Å². The standard InChI is InChI=1S/C22H27NS2/c1-4-6-7-17(5-2)15-24-22-13-12-21(25-22)19-11-10-18-9-8-16(3)23-20(18)14-19/h8-14,17H,4-7,15H2,1-3H3. The van der Waals surface area contributed by atoms with E-state index in [1.807, 2.05) is 23.1 Å². The molecule has 0 amide bonds. The fourth-order valence-electron chi connectivity index (χ4n) is 3.02. The zero-order valence-corrected chi connectivity index (χ0v) is 17.1. The first kappa shape index (κ1) is 18.5. The number of thioether (sulfide) groups is 1. The fourth-order valence-corrected chi connectivity index (χ4v) is 5.43. The monoisotopic (exact) mass is 369 g/mol. The minimum atomic E-state index is 0.850. The summed E-state index contributed by atoms with van der Waals surface area (Å²) in [4.78, 5) is 6.01. The van der Waals surface area contributed by atoms with Crippen LogP contribution in [0.5, 0.6) is 0 Å². The van der Waals surface area contributed by atoms with Gasteiger partial charge >= 0.3 is 0 Å².